The van der Waals surface area contributed by atoms with Gasteiger partial charge in [-0.15, -0.1) is 11.3 Å². The lowest BCUT2D eigenvalue weighted by atomic mass is 9.97. The smallest absolute Gasteiger partial charge is 0.317 e. The molecule has 1 fully saturated rings. The summed E-state index contributed by atoms with van der Waals surface area (Å²) in [7, 11) is 0. The number of likely N-dealkylation sites (tertiary alicyclic amines) is 1. The maximum Gasteiger partial charge on any atom is 0.317 e. The second-order valence-electron chi connectivity index (χ2n) is 9.38. The van der Waals surface area contributed by atoms with E-state index in [1.165, 1.54) is 31.3 Å². The molecule has 8 heteroatoms. The van der Waals surface area contributed by atoms with Gasteiger partial charge in [0.25, 0.3) is 5.91 Å². The van der Waals surface area contributed by atoms with E-state index in [0.29, 0.717) is 24.7 Å². The van der Waals surface area contributed by atoms with E-state index < -0.39 is 0 Å². The lowest BCUT2D eigenvalue weighted by Crippen LogP contribution is -2.44. The van der Waals surface area contributed by atoms with Crippen molar-refractivity contribution >= 4 is 23.3 Å². The molecule has 1 aliphatic heterocycles. The number of piperidine rings is 1. The van der Waals surface area contributed by atoms with Crippen LogP contribution in [0.5, 0.6) is 0 Å². The number of hydrogen-bond donors (Lipinski definition) is 1. The highest BCUT2D eigenvalue weighted by Gasteiger charge is 2.27. The van der Waals surface area contributed by atoms with Gasteiger partial charge in [-0.25, -0.2) is 9.78 Å². The maximum absolute atomic E-state index is 13.0. The van der Waals surface area contributed by atoms with Crippen molar-refractivity contribution in [2.24, 2.45) is 0 Å². The number of allylic oxidation sites excluding steroid dienone is 1. The van der Waals surface area contributed by atoms with E-state index in [1.807, 2.05) is 40.3 Å². The van der Waals surface area contributed by atoms with E-state index in [4.69, 9.17) is 4.98 Å². The summed E-state index contributed by atoms with van der Waals surface area (Å²) in [5.74, 6) is 0.289. The number of nitrogens with zero attached hydrogens (tertiary/aromatic N) is 4. The van der Waals surface area contributed by atoms with E-state index in [2.05, 4.69) is 16.4 Å². The van der Waals surface area contributed by atoms with Crippen molar-refractivity contribution in [1.29, 1.82) is 0 Å². The van der Waals surface area contributed by atoms with Gasteiger partial charge < -0.3 is 15.1 Å². The summed E-state index contributed by atoms with van der Waals surface area (Å²) in [6.07, 6.45) is 12.5. The fraction of sp³-hybridized carbons (Fsp3) is 0.556. The normalized spacial score (nSPS) is 16.6. The van der Waals surface area contributed by atoms with Gasteiger partial charge in [-0.1, -0.05) is 17.7 Å². The molecule has 0 aromatic carbocycles. The number of thiazole rings is 1. The van der Waals surface area contributed by atoms with E-state index in [-0.39, 0.29) is 11.9 Å². The van der Waals surface area contributed by atoms with Crippen LogP contribution >= 0.6 is 11.3 Å². The van der Waals surface area contributed by atoms with Crippen LogP contribution in [0.15, 0.2) is 41.4 Å². The minimum absolute atomic E-state index is 0.0178. The number of likely N-dealkylation sites (N-methyl/N-ethyl adjacent to an activating group) is 1. The van der Waals surface area contributed by atoms with E-state index in [0.717, 1.165) is 56.0 Å². The van der Waals surface area contributed by atoms with Crippen LogP contribution in [0, 0.1) is 0 Å². The van der Waals surface area contributed by atoms with Gasteiger partial charge in [0, 0.05) is 62.3 Å². The lowest BCUT2D eigenvalue weighted by molar-refractivity contribution is 0.0760. The van der Waals surface area contributed by atoms with Gasteiger partial charge in [-0.3, -0.25) is 9.78 Å². The molecule has 1 saturated heterocycles. The average Bonchev–Trinajstić information content (AvgIpc) is 3.41. The zero-order chi connectivity index (χ0) is 24.5. The molecule has 0 bridgehead atoms. The van der Waals surface area contributed by atoms with Gasteiger partial charge in [0.2, 0.25) is 0 Å². The molecule has 188 valence electrons. The zero-order valence-electron chi connectivity index (χ0n) is 20.7. The highest BCUT2D eigenvalue weighted by molar-refractivity contribution is 7.09. The number of nitrogens with one attached hydrogen (secondary N) is 1. The number of urea groups is 1. The van der Waals surface area contributed by atoms with Crippen LogP contribution in [0.25, 0.3) is 0 Å². The molecule has 0 unspecified atom stereocenters. The molecule has 1 N–H and O–H groups in total. The van der Waals surface area contributed by atoms with Crippen LogP contribution in [-0.4, -0.2) is 64.4 Å². The Labute approximate surface area is 212 Å². The zero-order valence-corrected chi connectivity index (χ0v) is 21.6. The molecular weight excluding hydrogens is 458 g/mol. The van der Waals surface area contributed by atoms with Crippen LogP contribution in [0.4, 0.5) is 4.79 Å². The first-order valence-corrected chi connectivity index (χ1v) is 13.9. The Morgan fingerprint density at radius 3 is 2.77 bits per heavy atom. The number of rotatable bonds is 9. The topological polar surface area (TPSA) is 78.4 Å². The molecule has 1 aliphatic carbocycles. The molecule has 0 saturated carbocycles. The average molecular weight is 496 g/mol. The second-order valence-corrected chi connectivity index (χ2v) is 10.3. The maximum atomic E-state index is 13.0. The Morgan fingerprint density at radius 1 is 1.20 bits per heavy atom. The van der Waals surface area contributed by atoms with Crippen molar-refractivity contribution in [2.45, 2.75) is 64.2 Å². The summed E-state index contributed by atoms with van der Waals surface area (Å²) in [5.41, 5.74) is 3.01. The molecule has 3 heterocycles. The Bertz CT molecular complexity index is 998. The molecule has 7 nitrogen and oxygen atoms in total. The van der Waals surface area contributed by atoms with Crippen molar-refractivity contribution in [3.8, 4) is 0 Å². The number of carbonyl (C=O) groups is 2. The van der Waals surface area contributed by atoms with Crippen LogP contribution in [0.1, 0.15) is 79.0 Å². The third kappa shape index (κ3) is 7.13. The highest BCUT2D eigenvalue weighted by atomic mass is 32.1. The van der Waals surface area contributed by atoms with Crippen molar-refractivity contribution in [2.75, 3.05) is 32.7 Å². The first-order chi connectivity index (χ1) is 17.1. The summed E-state index contributed by atoms with van der Waals surface area (Å²) < 4.78 is 0. The molecule has 4 rings (SSSR count). The van der Waals surface area contributed by atoms with Gasteiger partial charge in [-0.2, -0.15) is 0 Å². The summed E-state index contributed by atoms with van der Waals surface area (Å²) >= 11 is 1.57. The molecular formula is C27H37N5O2S. The first-order valence-electron chi connectivity index (χ1n) is 13.0. The molecule has 2 aromatic heterocycles. The Hall–Kier alpha value is -2.74. The highest BCUT2D eigenvalue weighted by Crippen LogP contribution is 2.30. The predicted molar refractivity (Wildman–Crippen MR) is 140 cm³/mol. The molecule has 2 aliphatic rings. The number of amides is 3. The summed E-state index contributed by atoms with van der Waals surface area (Å²) in [6, 6.07) is 5.90. The number of hydrogen-bond acceptors (Lipinski definition) is 5. The van der Waals surface area contributed by atoms with Gasteiger partial charge in [0.15, 0.2) is 0 Å². The van der Waals surface area contributed by atoms with E-state index in [9.17, 15) is 9.59 Å². The Balaban J connectivity index is 1.22. The summed E-state index contributed by atoms with van der Waals surface area (Å²) in [5, 5.41) is 6.00. The van der Waals surface area contributed by atoms with Gasteiger partial charge in [-0.05, 0) is 64.0 Å². The second kappa shape index (κ2) is 12.8. The minimum Gasteiger partial charge on any atom is -0.338 e. The van der Waals surface area contributed by atoms with Crippen molar-refractivity contribution < 1.29 is 9.59 Å². The third-order valence-corrected chi connectivity index (χ3v) is 8.02. The van der Waals surface area contributed by atoms with Gasteiger partial charge >= 0.3 is 6.03 Å². The van der Waals surface area contributed by atoms with Crippen molar-refractivity contribution in [1.82, 2.24) is 25.1 Å². The number of carbonyl (C=O) groups excluding carboxylic acids is 2. The third-order valence-electron chi connectivity index (χ3n) is 7.01. The van der Waals surface area contributed by atoms with Gasteiger partial charge in [0.1, 0.15) is 5.69 Å². The molecule has 2 aromatic rings. The molecule has 35 heavy (non-hydrogen) atoms. The van der Waals surface area contributed by atoms with E-state index >= 15 is 0 Å². The number of pyridine rings is 1. The largest absolute Gasteiger partial charge is 0.338 e. The van der Waals surface area contributed by atoms with Crippen molar-refractivity contribution in [3.63, 3.8) is 0 Å². The molecule has 3 amide bonds. The summed E-state index contributed by atoms with van der Waals surface area (Å²) in [4.78, 5) is 38.4. The standard InChI is InChI=1S/C27H37N5O2S/c1-2-31(19-14-23-10-6-7-15-28-23)26(33)24-20-35-25(30-24)22-12-17-32(18-13-22)27(34)29-16-11-21-8-4-3-5-9-21/h6-8,10,15,20,22H,2-5,9,11-14,16-19H2,1H3,(H,29,34). The fourth-order valence-electron chi connectivity index (χ4n) is 4.84. The Morgan fingerprint density at radius 2 is 2.06 bits per heavy atom. The minimum atomic E-state index is -0.0178. The van der Waals surface area contributed by atoms with Crippen molar-refractivity contribution in [3.05, 3.63) is 57.8 Å². The predicted octanol–water partition coefficient (Wildman–Crippen LogP) is 5.02. The fourth-order valence-corrected chi connectivity index (χ4v) is 5.80. The summed E-state index contributed by atoms with van der Waals surface area (Å²) in [6.45, 7) is 5.45. The number of aromatic nitrogens is 2. The SMILES string of the molecule is CCN(CCc1ccccn1)C(=O)c1csc(C2CCN(C(=O)NCCC3=CCCCC3)CC2)n1. The van der Waals surface area contributed by atoms with Crippen LogP contribution in [0.3, 0.4) is 0 Å². The van der Waals surface area contributed by atoms with Crippen LogP contribution < -0.4 is 5.32 Å². The molecule has 0 atom stereocenters. The molecule has 0 radical (unpaired) electrons. The first kappa shape index (κ1) is 25.4. The lowest BCUT2D eigenvalue weighted by Gasteiger charge is -2.31. The van der Waals surface area contributed by atoms with Gasteiger partial charge in [0.05, 0.1) is 5.01 Å². The van der Waals surface area contributed by atoms with Crippen LogP contribution in [-0.2, 0) is 6.42 Å². The quantitative estimate of drug-likeness (QED) is 0.495. The monoisotopic (exact) mass is 495 g/mol. The Kier molecular flexibility index (Phi) is 9.28. The molecule has 0 spiro atoms. The van der Waals surface area contributed by atoms with E-state index in [1.54, 1.807) is 17.5 Å². The van der Waals surface area contributed by atoms with Crippen LogP contribution in [0.2, 0.25) is 0 Å².